The summed E-state index contributed by atoms with van der Waals surface area (Å²) in [5.74, 6) is -3.47. The van der Waals surface area contributed by atoms with E-state index < -0.39 is 59.8 Å². The van der Waals surface area contributed by atoms with Gasteiger partial charge in [0.1, 0.15) is 29.8 Å². The van der Waals surface area contributed by atoms with Crippen molar-refractivity contribution in [2.24, 2.45) is 15.0 Å². The number of aliphatic carboxylic acids is 2. The van der Waals surface area contributed by atoms with Crippen molar-refractivity contribution in [2.45, 2.75) is 43.2 Å². The van der Waals surface area contributed by atoms with Crippen molar-refractivity contribution >= 4 is 164 Å². The number of benzene rings is 6. The minimum atomic E-state index is -1.03. The highest BCUT2D eigenvalue weighted by molar-refractivity contribution is 7.12. The summed E-state index contributed by atoms with van der Waals surface area (Å²) in [6, 6.07) is 35.1. The van der Waals surface area contributed by atoms with Crippen molar-refractivity contribution in [3.05, 3.63) is 296 Å². The lowest BCUT2D eigenvalue weighted by atomic mass is 9.92. The van der Waals surface area contributed by atoms with E-state index in [1.807, 2.05) is 91.5 Å². The number of rotatable bonds is 24. The Balaban J connectivity index is 0.000000147. The number of nitrogens with zero attached hydrogens (tertiary/aromatic N) is 15. The Morgan fingerprint density at radius 1 is 0.452 bits per heavy atom. The molecule has 0 aliphatic carbocycles. The average Bonchev–Trinajstić information content (AvgIpc) is 1.73. The van der Waals surface area contributed by atoms with Gasteiger partial charge in [-0.25, -0.2) is 66.9 Å². The van der Waals surface area contributed by atoms with E-state index >= 15 is 0 Å². The maximum Gasteiger partial charge on any atom is 0.338 e. The number of amidine groups is 3. The molecule has 6 aromatic carbocycles. The summed E-state index contributed by atoms with van der Waals surface area (Å²) in [5.41, 5.74) is 9.56. The number of aliphatic imine (C=N–C) groups is 3. The third kappa shape index (κ3) is 21.3. The van der Waals surface area contributed by atoms with Gasteiger partial charge in [0.05, 0.1) is 63.3 Å². The van der Waals surface area contributed by atoms with Crippen LogP contribution in [0, 0.1) is 18.6 Å². The second-order valence-electron chi connectivity index (χ2n) is 32.3. The molecule has 33 nitrogen and oxygen atoms in total. The lowest BCUT2D eigenvalue weighted by Gasteiger charge is -2.38. The Morgan fingerprint density at radius 3 is 1.18 bits per heavy atom. The van der Waals surface area contributed by atoms with E-state index in [2.05, 4.69) is 50.3 Å². The van der Waals surface area contributed by atoms with Crippen LogP contribution in [0.1, 0.15) is 72.1 Å². The quantitative estimate of drug-likeness (QED) is 0.0213. The van der Waals surface area contributed by atoms with Gasteiger partial charge in [0.15, 0.2) is 32.5 Å². The molecular formula is C95H90Cl2F2N18O15S3. The number of hydrogen-bond acceptors (Lipinski definition) is 28. The molecule has 0 bridgehead atoms. The van der Waals surface area contributed by atoms with E-state index in [0.717, 1.165) is 51.5 Å². The second-order valence-corrected chi connectivity index (χ2v) is 35.8. The molecule has 6 saturated heterocycles. The minimum absolute atomic E-state index is 0.0484. The first-order chi connectivity index (χ1) is 65.3. The van der Waals surface area contributed by atoms with E-state index in [9.17, 15) is 51.9 Å². The maximum atomic E-state index is 14.7. The van der Waals surface area contributed by atoms with Gasteiger partial charge in [-0.1, -0.05) is 89.9 Å². The number of ether oxygens (including phenoxy) is 4. The van der Waals surface area contributed by atoms with Gasteiger partial charge in [0, 0.05) is 201 Å². The number of nitrogens with one attached hydrogen (secondary N) is 3. The first kappa shape index (κ1) is 94.2. The van der Waals surface area contributed by atoms with Crippen molar-refractivity contribution in [3.63, 3.8) is 0 Å². The van der Waals surface area contributed by atoms with Crippen LogP contribution < -0.4 is 30.7 Å². The van der Waals surface area contributed by atoms with Gasteiger partial charge in [-0.3, -0.25) is 44.4 Å². The van der Waals surface area contributed by atoms with Crippen LogP contribution in [-0.2, 0) is 47.7 Å². The van der Waals surface area contributed by atoms with E-state index in [0.29, 0.717) is 181 Å². The fourth-order valence-corrected chi connectivity index (χ4v) is 19.6. The molecule has 0 unspecified atom stereocenters. The van der Waals surface area contributed by atoms with Crippen LogP contribution in [0.15, 0.2) is 235 Å². The van der Waals surface area contributed by atoms with E-state index in [1.54, 1.807) is 94.8 Å². The molecule has 3 aromatic heterocycles. The summed E-state index contributed by atoms with van der Waals surface area (Å²) in [6.07, 6.45) is 13.2. The minimum Gasteiger partial charge on any atom is -0.478 e. The van der Waals surface area contributed by atoms with Crippen LogP contribution in [0.2, 0.25) is 10.0 Å². The molecule has 9 aliphatic rings. The Bertz CT molecular complexity index is 6320. The molecular weight excluding hydrogens is 1840 g/mol. The molecule has 5 N–H and O–H groups in total. The predicted octanol–water partition coefficient (Wildman–Crippen LogP) is 12.1. The monoisotopic (exact) mass is 1930 g/mol. The van der Waals surface area contributed by atoms with E-state index in [4.69, 9.17) is 62.6 Å². The normalized spacial score (nSPS) is 20.3. The molecule has 6 amide bonds. The van der Waals surface area contributed by atoms with Crippen LogP contribution >= 0.6 is 57.2 Å². The van der Waals surface area contributed by atoms with Crippen LogP contribution in [-0.4, -0.2) is 271 Å². The number of urea groups is 3. The molecule has 18 rings (SSSR count). The highest BCUT2D eigenvalue weighted by atomic mass is 35.5. The van der Waals surface area contributed by atoms with Crippen LogP contribution in [0.25, 0.3) is 18.2 Å². The number of esters is 4. The van der Waals surface area contributed by atoms with Gasteiger partial charge in [-0.2, -0.15) is 0 Å². The SMILES string of the molecule is COC(=O)/C=C/c1ccc(N2C[C@@H]3CN(CC4=C(C(=O)OC)[C@H](c5ccc(F)cc5Cl)N=C(c5nccs5)N4)CCN3C2=O)cc1.COC(=O)C1=C(CN2CCN3C(=O)N(c4ccc(/C=C/C(=O)O)cc4)C[C@@H]3C2)NC(c2nccs2)=N[C@H]1c1ccc(Cl)cc1.COC(=O)C1=C(CN2CCN3C(=O)N(c4ccc(/C=C/C(=O)O)cc4)C[C@@H]3C2)NC(c2nccs2)=N[C@H]1c1cccc(F)c1C. The highest BCUT2D eigenvalue weighted by Crippen LogP contribution is 2.42. The number of amides is 6. The molecule has 0 spiro atoms. The maximum absolute atomic E-state index is 14.7. The molecule has 12 heterocycles. The van der Waals surface area contributed by atoms with Gasteiger partial charge in [-0.15, -0.1) is 34.0 Å². The van der Waals surface area contributed by atoms with Crippen molar-refractivity contribution < 1.29 is 81.1 Å². The Hall–Kier alpha value is -14.0. The zero-order valence-corrected chi connectivity index (χ0v) is 77.3. The zero-order valence-electron chi connectivity index (χ0n) is 73.3. The van der Waals surface area contributed by atoms with E-state index in [1.165, 1.54) is 105 Å². The van der Waals surface area contributed by atoms with Crippen LogP contribution in [0.3, 0.4) is 0 Å². The number of halogens is 4. The smallest absolute Gasteiger partial charge is 0.338 e. The summed E-state index contributed by atoms with van der Waals surface area (Å²) in [7, 11) is 5.30. The molecule has 40 heteroatoms. The molecule has 9 aliphatic heterocycles. The molecule has 6 fully saturated rings. The number of hydrogen-bond donors (Lipinski definition) is 5. The summed E-state index contributed by atoms with van der Waals surface area (Å²) < 4.78 is 49.0. The van der Waals surface area contributed by atoms with Gasteiger partial charge in [-0.05, 0) is 125 Å². The largest absolute Gasteiger partial charge is 0.478 e. The average molecular weight is 1930 g/mol. The number of carbonyl (C=O) groups is 9. The first-order valence-electron chi connectivity index (χ1n) is 42.7. The zero-order chi connectivity index (χ0) is 94.8. The standard InChI is InChI=1S/C32H30ClFN6O5S.C32H31FN6O5S.C31H29ClN6O5S/c1-44-26(41)10-5-19-3-7-21(8-4-19)40-17-22-16-38(12-13-39(22)32(40)43)18-25-27(31(42)45-2)28(23-9-6-20(34)15-24(23)33)37-29(36-25)30-35-11-14-46-30;1-19-23(4-3-5-24(19)33)28-27(31(42)44-2)25(35-29(36-28)30-34-12-15-45-30)18-37-13-14-38-22(16-37)17-39(32(38)43)21-9-6-20(7-10-21)8-11-26(40)41;1-43-30(41)26-24(34-28(29-33-12-15-44-29)35-27(26)20-5-7-21(32)8-6-20)18-36-13-14-37-23(16-36)17-38(31(37)42)22-9-2-19(3-10-22)4-11-25(39)40/h3-11,14-15,22,28H,12-13,16-18H2,1-2H3,(H,36,37);3-12,15,22,28H,13-14,16-18H2,1-2H3,(H,35,36)(H,40,41);2-12,15,23,27H,13-14,16-18H2,1H3,(H,34,35)(H,39,40)/b10-5+;11-8+;11-4+/t2*22-,28-;23-,27-/m000/s1. The molecule has 0 radical (unpaired) electrons. The number of aromatic nitrogens is 3. The fraction of sp³-hybridized carbons (Fsp3) is 0.274. The predicted molar refractivity (Wildman–Crippen MR) is 507 cm³/mol. The first-order valence-corrected chi connectivity index (χ1v) is 46.1. The van der Waals surface area contributed by atoms with Crippen molar-refractivity contribution in [2.75, 3.05) is 141 Å². The number of thiazole rings is 3. The Kier molecular flexibility index (Phi) is 29.4. The van der Waals surface area contributed by atoms with Gasteiger partial charge in [0.2, 0.25) is 0 Å². The third-order valence-electron chi connectivity index (χ3n) is 24.1. The number of fused-ring (bicyclic) bond motifs is 3. The number of methoxy groups -OCH3 is 4. The molecule has 6 atom stereocenters. The van der Waals surface area contributed by atoms with E-state index in [-0.39, 0.29) is 52.6 Å². The Morgan fingerprint density at radius 2 is 0.822 bits per heavy atom. The highest BCUT2D eigenvalue weighted by Gasteiger charge is 2.47. The number of anilines is 3. The number of carboxylic acid groups (broad SMARTS) is 2. The topological polar surface area (TPSA) is 372 Å². The lowest BCUT2D eigenvalue weighted by Crippen LogP contribution is -2.53. The molecule has 135 heavy (non-hydrogen) atoms. The summed E-state index contributed by atoms with van der Waals surface area (Å²) >= 11 is 16.9. The summed E-state index contributed by atoms with van der Waals surface area (Å²) in [6.45, 7) is 9.28. The second kappa shape index (κ2) is 42.1. The van der Waals surface area contributed by atoms with Crippen molar-refractivity contribution in [1.29, 1.82) is 0 Å². The molecule has 696 valence electrons. The van der Waals surface area contributed by atoms with Crippen molar-refractivity contribution in [3.8, 4) is 0 Å². The van der Waals surface area contributed by atoms with Crippen LogP contribution in [0.4, 0.5) is 40.2 Å². The van der Waals surface area contributed by atoms with Gasteiger partial charge in [0.25, 0.3) is 0 Å². The van der Waals surface area contributed by atoms with Crippen molar-refractivity contribution in [1.82, 2.24) is 60.3 Å². The summed E-state index contributed by atoms with van der Waals surface area (Å²) in [4.78, 5) is 158. The molecule has 9 aromatic rings. The van der Waals surface area contributed by atoms with Gasteiger partial charge >= 0.3 is 53.9 Å². The fourth-order valence-electron chi connectivity index (χ4n) is 17.5. The van der Waals surface area contributed by atoms with Gasteiger partial charge < -0.3 is 59.8 Å². The third-order valence-corrected chi connectivity index (χ3v) is 27.0. The number of carbonyl (C=O) groups excluding carboxylic acids is 7. The lowest BCUT2D eigenvalue weighted by molar-refractivity contribution is -0.137. The number of piperazine rings is 3. The summed E-state index contributed by atoms with van der Waals surface area (Å²) in [5, 5.41) is 36.0. The molecule has 0 saturated carbocycles. The van der Waals surface area contributed by atoms with Crippen LogP contribution in [0.5, 0.6) is 0 Å². The number of carboxylic acids is 2. The Labute approximate surface area is 795 Å².